The van der Waals surface area contributed by atoms with Crippen molar-refractivity contribution in [3.05, 3.63) is 76.1 Å². The highest BCUT2D eigenvalue weighted by Gasteiger charge is 2.40. The van der Waals surface area contributed by atoms with E-state index in [0.717, 1.165) is 26.6 Å². The molecule has 0 spiro atoms. The molecule has 1 fully saturated rings. The van der Waals surface area contributed by atoms with Gasteiger partial charge in [0.05, 0.1) is 0 Å². The van der Waals surface area contributed by atoms with E-state index in [1.165, 1.54) is 22.4 Å². The van der Waals surface area contributed by atoms with Crippen molar-refractivity contribution in [2.75, 3.05) is 0 Å². The molecule has 0 radical (unpaired) electrons. The van der Waals surface area contributed by atoms with Crippen molar-refractivity contribution in [3.63, 3.8) is 0 Å². The van der Waals surface area contributed by atoms with Crippen molar-refractivity contribution < 1.29 is 19.2 Å². The van der Waals surface area contributed by atoms with Gasteiger partial charge in [-0.2, -0.15) is 0 Å². The molecule has 3 N–H and O–H groups in total. The van der Waals surface area contributed by atoms with E-state index in [-0.39, 0.29) is 30.5 Å². The Morgan fingerprint density at radius 3 is 2.80 bits per heavy atom. The highest BCUT2D eigenvalue weighted by molar-refractivity contribution is 7.15. The zero-order valence-electron chi connectivity index (χ0n) is 18.6. The summed E-state index contributed by atoms with van der Waals surface area (Å²) in [6.45, 7) is 0.290. The summed E-state index contributed by atoms with van der Waals surface area (Å²) in [6, 6.07) is 8.40. The number of hydrogen-bond donors (Lipinski definition) is 2. The quantitative estimate of drug-likeness (QED) is 0.512. The number of nitrogens with zero attached hydrogens (tertiary/aromatic N) is 3. The molecule has 5 rings (SSSR count). The standard InChI is InChI=1S/C25H21N5O4S/c26-22(32)21-14(5-3-11-27-21)4-1-6-15-12-28-24(35-15)16-7-2-8-17-18(16)13-30(25(17)34)19-9-10-20(31)29-23(19)33/h1-3,5-8,11-12,19H,4,9-10,13H2,(H2,26,32)(H,29,31,33). The molecule has 3 aromatic rings. The van der Waals surface area contributed by atoms with Gasteiger partial charge in [-0.25, -0.2) is 4.98 Å². The second-order valence-electron chi connectivity index (χ2n) is 8.28. The predicted molar refractivity (Wildman–Crippen MR) is 129 cm³/mol. The van der Waals surface area contributed by atoms with E-state index in [4.69, 9.17) is 5.73 Å². The molecule has 35 heavy (non-hydrogen) atoms. The van der Waals surface area contributed by atoms with Crippen LogP contribution in [0.15, 0.2) is 48.8 Å². The van der Waals surface area contributed by atoms with Gasteiger partial charge in [-0.05, 0) is 42.2 Å². The van der Waals surface area contributed by atoms with Gasteiger partial charge in [0, 0.05) is 41.4 Å². The lowest BCUT2D eigenvalue weighted by atomic mass is 10.0. The molecular formula is C25H21N5O4S. The number of amides is 4. The lowest BCUT2D eigenvalue weighted by Gasteiger charge is -2.29. The van der Waals surface area contributed by atoms with E-state index >= 15 is 0 Å². The third kappa shape index (κ3) is 4.35. The molecule has 4 heterocycles. The molecule has 2 aliphatic heterocycles. The van der Waals surface area contributed by atoms with E-state index in [1.807, 2.05) is 30.4 Å². The van der Waals surface area contributed by atoms with Crippen LogP contribution in [0.5, 0.6) is 0 Å². The summed E-state index contributed by atoms with van der Waals surface area (Å²) in [5, 5.41) is 3.09. The molecule has 1 atom stereocenters. The van der Waals surface area contributed by atoms with Gasteiger partial charge in [0.15, 0.2) is 0 Å². The molecule has 4 amide bonds. The molecule has 176 valence electrons. The third-order valence-electron chi connectivity index (χ3n) is 6.08. The van der Waals surface area contributed by atoms with Crippen molar-refractivity contribution in [1.29, 1.82) is 0 Å². The summed E-state index contributed by atoms with van der Waals surface area (Å²) in [6.07, 6.45) is 8.16. The molecule has 9 nitrogen and oxygen atoms in total. The Hall–Kier alpha value is -4.18. The molecule has 10 heteroatoms. The number of nitrogens with one attached hydrogen (secondary N) is 1. The fourth-order valence-electron chi connectivity index (χ4n) is 4.40. The SMILES string of the molecule is NC(=O)c1ncccc1CC=Cc1cnc(-c2cccc3c2CN(C2CCC(=O)NC2=O)C3=O)s1. The number of pyridine rings is 1. The largest absolute Gasteiger partial charge is 0.364 e. The number of carbonyl (C=O) groups is 4. The van der Waals surface area contributed by atoms with Gasteiger partial charge in [-0.1, -0.05) is 24.3 Å². The highest BCUT2D eigenvalue weighted by atomic mass is 32.1. The highest BCUT2D eigenvalue weighted by Crippen LogP contribution is 2.36. The molecule has 0 aliphatic carbocycles. The average molecular weight is 488 g/mol. The lowest BCUT2D eigenvalue weighted by molar-refractivity contribution is -0.136. The number of hydrogen-bond acceptors (Lipinski definition) is 7. The van der Waals surface area contributed by atoms with Crippen LogP contribution in [-0.2, 0) is 22.6 Å². The Bertz CT molecular complexity index is 1400. The number of allylic oxidation sites excluding steroid dienone is 1. The number of aromatic nitrogens is 2. The van der Waals surface area contributed by atoms with E-state index in [1.54, 1.807) is 18.3 Å². The number of nitrogens with two attached hydrogens (primary N) is 1. The van der Waals surface area contributed by atoms with Crippen LogP contribution in [0.3, 0.4) is 0 Å². The number of primary amides is 1. The van der Waals surface area contributed by atoms with Crippen molar-refractivity contribution >= 4 is 41.0 Å². The van der Waals surface area contributed by atoms with Gasteiger partial charge in [0.1, 0.15) is 16.7 Å². The van der Waals surface area contributed by atoms with Crippen molar-refractivity contribution in [2.45, 2.75) is 31.8 Å². The van der Waals surface area contributed by atoms with Gasteiger partial charge in [0.25, 0.3) is 11.8 Å². The van der Waals surface area contributed by atoms with Gasteiger partial charge in [0.2, 0.25) is 11.8 Å². The van der Waals surface area contributed by atoms with Crippen LogP contribution in [0.25, 0.3) is 16.6 Å². The van der Waals surface area contributed by atoms with Gasteiger partial charge in [-0.15, -0.1) is 11.3 Å². The molecule has 1 unspecified atom stereocenters. The van der Waals surface area contributed by atoms with Crippen LogP contribution in [0, 0.1) is 0 Å². The Morgan fingerprint density at radius 2 is 2.00 bits per heavy atom. The second kappa shape index (κ2) is 9.22. The van der Waals surface area contributed by atoms with E-state index in [2.05, 4.69) is 15.3 Å². The summed E-state index contributed by atoms with van der Waals surface area (Å²) in [5.41, 5.74) is 8.62. The normalized spacial score (nSPS) is 17.7. The van der Waals surface area contributed by atoms with Crippen LogP contribution < -0.4 is 11.1 Å². The van der Waals surface area contributed by atoms with Gasteiger partial charge >= 0.3 is 0 Å². The molecule has 0 bridgehead atoms. The predicted octanol–water partition coefficient (Wildman–Crippen LogP) is 2.32. The zero-order chi connectivity index (χ0) is 24.5. The number of rotatable bonds is 6. The van der Waals surface area contributed by atoms with E-state index in [9.17, 15) is 19.2 Å². The number of imide groups is 1. The number of carbonyl (C=O) groups excluding carboxylic acids is 4. The molecule has 2 aromatic heterocycles. The Kier molecular flexibility index (Phi) is 5.96. The van der Waals surface area contributed by atoms with Crippen LogP contribution in [0.1, 0.15) is 49.7 Å². The van der Waals surface area contributed by atoms with E-state index < -0.39 is 17.9 Å². The lowest BCUT2D eigenvalue weighted by Crippen LogP contribution is -2.52. The van der Waals surface area contributed by atoms with Gasteiger partial charge in [-0.3, -0.25) is 29.5 Å². The Balaban J connectivity index is 1.35. The topological polar surface area (TPSA) is 135 Å². The molecule has 0 saturated carbocycles. The number of fused-ring (bicyclic) bond motifs is 1. The van der Waals surface area contributed by atoms with Crippen molar-refractivity contribution in [1.82, 2.24) is 20.2 Å². The summed E-state index contributed by atoms with van der Waals surface area (Å²) in [4.78, 5) is 59.5. The molecule has 1 saturated heterocycles. The second-order valence-corrected chi connectivity index (χ2v) is 9.34. The maximum absolute atomic E-state index is 13.1. The summed E-state index contributed by atoms with van der Waals surface area (Å²) < 4.78 is 0. The van der Waals surface area contributed by atoms with Crippen LogP contribution in [0.4, 0.5) is 0 Å². The first-order valence-electron chi connectivity index (χ1n) is 11.1. The first kappa shape index (κ1) is 22.6. The summed E-state index contributed by atoms with van der Waals surface area (Å²) >= 11 is 1.48. The maximum atomic E-state index is 13.1. The van der Waals surface area contributed by atoms with Crippen LogP contribution in [-0.4, -0.2) is 44.5 Å². The van der Waals surface area contributed by atoms with Crippen LogP contribution >= 0.6 is 11.3 Å². The minimum absolute atomic E-state index is 0.213. The van der Waals surface area contributed by atoms with E-state index in [0.29, 0.717) is 18.4 Å². The monoisotopic (exact) mass is 487 g/mol. The molecule has 1 aromatic carbocycles. The van der Waals surface area contributed by atoms with Crippen LogP contribution in [0.2, 0.25) is 0 Å². The van der Waals surface area contributed by atoms with Crippen molar-refractivity contribution in [2.24, 2.45) is 5.73 Å². The smallest absolute Gasteiger partial charge is 0.267 e. The summed E-state index contributed by atoms with van der Waals surface area (Å²) in [5.74, 6) is -1.52. The number of thiazole rings is 1. The molecule has 2 aliphatic rings. The minimum atomic E-state index is -0.659. The maximum Gasteiger partial charge on any atom is 0.267 e. The fourth-order valence-corrected chi connectivity index (χ4v) is 5.30. The fraction of sp³-hybridized carbons (Fsp3) is 0.200. The first-order valence-corrected chi connectivity index (χ1v) is 11.9. The zero-order valence-corrected chi connectivity index (χ0v) is 19.4. The minimum Gasteiger partial charge on any atom is -0.364 e. The Labute approximate surface area is 204 Å². The third-order valence-corrected chi connectivity index (χ3v) is 7.08. The first-order chi connectivity index (χ1) is 16.9. The number of piperidine rings is 1. The Morgan fingerprint density at radius 1 is 1.17 bits per heavy atom. The molecular weight excluding hydrogens is 466 g/mol. The average Bonchev–Trinajstić information content (AvgIpc) is 3.44. The summed E-state index contributed by atoms with van der Waals surface area (Å²) in [7, 11) is 0. The number of benzene rings is 1. The van der Waals surface area contributed by atoms with Crippen molar-refractivity contribution in [3.8, 4) is 10.6 Å². The van der Waals surface area contributed by atoms with Gasteiger partial charge < -0.3 is 10.6 Å².